The van der Waals surface area contributed by atoms with Gasteiger partial charge in [0.1, 0.15) is 0 Å². The zero-order valence-corrected chi connectivity index (χ0v) is 8.33. The van der Waals surface area contributed by atoms with E-state index in [0.29, 0.717) is 0 Å². The Hall–Kier alpha value is -1.28. The molecule has 0 fully saturated rings. The third-order valence-electron chi connectivity index (χ3n) is 2.40. The van der Waals surface area contributed by atoms with E-state index in [2.05, 4.69) is 11.2 Å². The van der Waals surface area contributed by atoms with E-state index in [9.17, 15) is 0 Å². The van der Waals surface area contributed by atoms with Crippen LogP contribution in [-0.2, 0) is 6.42 Å². The molecule has 0 aromatic heterocycles. The van der Waals surface area contributed by atoms with Gasteiger partial charge in [-0.2, -0.15) is 0 Å². The fourth-order valence-corrected chi connectivity index (χ4v) is 1.97. The first kappa shape index (κ1) is 9.28. The lowest BCUT2D eigenvalue weighted by molar-refractivity contribution is 0.322. The summed E-state index contributed by atoms with van der Waals surface area (Å²) >= 11 is 6.07. The van der Waals surface area contributed by atoms with E-state index >= 15 is 0 Å². The Kier molecular flexibility index (Phi) is 2.55. The van der Waals surface area contributed by atoms with Crippen molar-refractivity contribution >= 4 is 23.4 Å². The van der Waals surface area contributed by atoms with E-state index in [1.807, 2.05) is 18.2 Å². The second kappa shape index (κ2) is 3.84. The molecule has 0 amide bonds. The summed E-state index contributed by atoms with van der Waals surface area (Å²) in [5.41, 5.74) is 3.16. The average molecular weight is 208 g/mol. The average Bonchev–Trinajstić information content (AvgIpc) is 2.23. The molecule has 0 saturated carbocycles. The minimum atomic E-state index is 0.765. The van der Waals surface area contributed by atoms with Gasteiger partial charge < -0.3 is 5.21 Å². The summed E-state index contributed by atoms with van der Waals surface area (Å²) < 4.78 is 0. The standard InChI is InChI=1S/C11H10ClNO/c12-11-6-5-8-3-1-2-4-9(8)10(11)7-13-14/h1-4,7,14H,5-6H2/b13-7+. The summed E-state index contributed by atoms with van der Waals surface area (Å²) in [6, 6.07) is 8.03. The first-order valence-corrected chi connectivity index (χ1v) is 4.85. The number of hydrogen-bond donors (Lipinski definition) is 1. The van der Waals surface area contributed by atoms with Crippen LogP contribution in [-0.4, -0.2) is 11.4 Å². The van der Waals surface area contributed by atoms with Crippen LogP contribution in [0.1, 0.15) is 17.5 Å². The lowest BCUT2D eigenvalue weighted by Crippen LogP contribution is -2.03. The summed E-state index contributed by atoms with van der Waals surface area (Å²) in [6.45, 7) is 0. The van der Waals surface area contributed by atoms with Crippen LogP contribution >= 0.6 is 11.6 Å². The SMILES string of the molecule is O/N=C/C1=C(Cl)CCc2ccccc21. The largest absolute Gasteiger partial charge is 0.411 e. The fourth-order valence-electron chi connectivity index (χ4n) is 1.72. The number of nitrogens with zero attached hydrogens (tertiary/aromatic N) is 1. The van der Waals surface area contributed by atoms with Crippen molar-refractivity contribution in [3.8, 4) is 0 Å². The van der Waals surface area contributed by atoms with Crippen molar-refractivity contribution in [2.75, 3.05) is 0 Å². The molecule has 0 atom stereocenters. The van der Waals surface area contributed by atoms with Gasteiger partial charge >= 0.3 is 0 Å². The van der Waals surface area contributed by atoms with Gasteiger partial charge in [0.25, 0.3) is 0 Å². The zero-order chi connectivity index (χ0) is 9.97. The van der Waals surface area contributed by atoms with Crippen molar-refractivity contribution in [2.45, 2.75) is 12.8 Å². The summed E-state index contributed by atoms with van der Waals surface area (Å²) in [5, 5.41) is 12.3. The van der Waals surface area contributed by atoms with E-state index in [1.165, 1.54) is 11.8 Å². The summed E-state index contributed by atoms with van der Waals surface area (Å²) in [4.78, 5) is 0. The highest BCUT2D eigenvalue weighted by atomic mass is 35.5. The lowest BCUT2D eigenvalue weighted by Gasteiger charge is -2.16. The van der Waals surface area contributed by atoms with E-state index in [4.69, 9.17) is 16.8 Å². The number of oxime groups is 1. The fraction of sp³-hybridized carbons (Fsp3) is 0.182. The Bertz CT molecular complexity index is 410. The van der Waals surface area contributed by atoms with Gasteiger partial charge in [0.2, 0.25) is 0 Å². The Labute approximate surface area is 87.5 Å². The maximum absolute atomic E-state index is 8.54. The molecule has 1 aromatic rings. The maximum atomic E-state index is 8.54. The molecule has 2 rings (SSSR count). The topological polar surface area (TPSA) is 32.6 Å². The molecule has 1 aliphatic carbocycles. The van der Waals surface area contributed by atoms with Gasteiger partial charge in [0.15, 0.2) is 0 Å². The highest BCUT2D eigenvalue weighted by Crippen LogP contribution is 2.31. The second-order valence-electron chi connectivity index (χ2n) is 3.22. The molecule has 2 nitrogen and oxygen atoms in total. The van der Waals surface area contributed by atoms with Gasteiger partial charge in [-0.05, 0) is 24.0 Å². The Balaban J connectivity index is 2.56. The van der Waals surface area contributed by atoms with Crippen LogP contribution in [0.3, 0.4) is 0 Å². The Morgan fingerprint density at radius 1 is 1.29 bits per heavy atom. The number of fused-ring (bicyclic) bond motifs is 1. The number of aryl methyl sites for hydroxylation is 1. The van der Waals surface area contributed by atoms with Gasteiger partial charge in [0, 0.05) is 10.6 Å². The van der Waals surface area contributed by atoms with E-state index in [-0.39, 0.29) is 0 Å². The zero-order valence-electron chi connectivity index (χ0n) is 7.57. The molecule has 3 heteroatoms. The van der Waals surface area contributed by atoms with Crippen LogP contribution in [0.25, 0.3) is 5.57 Å². The molecule has 0 heterocycles. The molecule has 72 valence electrons. The highest BCUT2D eigenvalue weighted by molar-refractivity contribution is 6.37. The van der Waals surface area contributed by atoms with Gasteiger partial charge in [-0.3, -0.25) is 0 Å². The molecular formula is C11H10ClNO. The quantitative estimate of drug-likeness (QED) is 0.429. The molecule has 0 aliphatic heterocycles. The number of allylic oxidation sites excluding steroid dienone is 2. The minimum Gasteiger partial charge on any atom is -0.411 e. The molecule has 0 bridgehead atoms. The first-order chi connectivity index (χ1) is 6.83. The third-order valence-corrected chi connectivity index (χ3v) is 2.79. The molecule has 1 aromatic carbocycles. The number of hydrogen-bond acceptors (Lipinski definition) is 2. The first-order valence-electron chi connectivity index (χ1n) is 4.47. The predicted octanol–water partition coefficient (Wildman–Crippen LogP) is 3.04. The van der Waals surface area contributed by atoms with Crippen LogP contribution in [0, 0.1) is 0 Å². The van der Waals surface area contributed by atoms with Gasteiger partial charge in [-0.1, -0.05) is 41.0 Å². The van der Waals surface area contributed by atoms with Crippen LogP contribution in [0.5, 0.6) is 0 Å². The van der Waals surface area contributed by atoms with Gasteiger partial charge in [-0.15, -0.1) is 0 Å². The smallest absolute Gasteiger partial charge is 0.0751 e. The Morgan fingerprint density at radius 2 is 2.07 bits per heavy atom. The maximum Gasteiger partial charge on any atom is 0.0751 e. The van der Waals surface area contributed by atoms with E-state index < -0.39 is 0 Å². The molecule has 14 heavy (non-hydrogen) atoms. The summed E-state index contributed by atoms with van der Waals surface area (Å²) in [5.74, 6) is 0. The predicted molar refractivity (Wildman–Crippen MR) is 57.8 cm³/mol. The van der Waals surface area contributed by atoms with Crippen molar-refractivity contribution in [2.24, 2.45) is 5.16 Å². The second-order valence-corrected chi connectivity index (χ2v) is 3.68. The van der Waals surface area contributed by atoms with Gasteiger partial charge in [-0.25, -0.2) is 0 Å². The van der Waals surface area contributed by atoms with Gasteiger partial charge in [0.05, 0.1) is 6.21 Å². The molecule has 0 saturated heterocycles. The number of halogens is 1. The van der Waals surface area contributed by atoms with E-state index in [1.54, 1.807) is 0 Å². The Morgan fingerprint density at radius 3 is 2.86 bits per heavy atom. The van der Waals surface area contributed by atoms with Crippen molar-refractivity contribution in [3.63, 3.8) is 0 Å². The van der Waals surface area contributed by atoms with Crippen LogP contribution in [0.4, 0.5) is 0 Å². The minimum absolute atomic E-state index is 0.765. The van der Waals surface area contributed by atoms with Crippen LogP contribution < -0.4 is 0 Å². The van der Waals surface area contributed by atoms with Crippen molar-refractivity contribution in [1.29, 1.82) is 0 Å². The number of rotatable bonds is 1. The molecular weight excluding hydrogens is 198 g/mol. The van der Waals surface area contributed by atoms with Crippen molar-refractivity contribution in [1.82, 2.24) is 0 Å². The van der Waals surface area contributed by atoms with Crippen molar-refractivity contribution < 1.29 is 5.21 Å². The van der Waals surface area contributed by atoms with Crippen LogP contribution in [0.2, 0.25) is 0 Å². The monoisotopic (exact) mass is 207 g/mol. The molecule has 1 N–H and O–H groups in total. The molecule has 0 spiro atoms. The molecule has 1 aliphatic rings. The summed E-state index contributed by atoms with van der Waals surface area (Å²) in [6.07, 6.45) is 3.18. The normalized spacial score (nSPS) is 16.1. The van der Waals surface area contributed by atoms with E-state index in [0.717, 1.165) is 29.0 Å². The van der Waals surface area contributed by atoms with Crippen LogP contribution in [0.15, 0.2) is 34.5 Å². The third kappa shape index (κ3) is 1.53. The summed E-state index contributed by atoms with van der Waals surface area (Å²) in [7, 11) is 0. The molecule has 0 radical (unpaired) electrons. The van der Waals surface area contributed by atoms with Crippen molar-refractivity contribution in [3.05, 3.63) is 40.4 Å². The molecule has 0 unspecified atom stereocenters. The number of benzene rings is 1. The lowest BCUT2D eigenvalue weighted by atomic mass is 9.91. The highest BCUT2D eigenvalue weighted by Gasteiger charge is 2.15.